The van der Waals surface area contributed by atoms with Crippen LogP contribution in [0.25, 0.3) is 0 Å². The molecule has 2 unspecified atom stereocenters. The van der Waals surface area contributed by atoms with Gasteiger partial charge in [-0.3, -0.25) is 9.69 Å². The lowest BCUT2D eigenvalue weighted by atomic mass is 9.88. The molecule has 1 saturated heterocycles. The van der Waals surface area contributed by atoms with Crippen molar-refractivity contribution in [2.45, 2.75) is 32.4 Å². The Bertz CT molecular complexity index is 1020. The van der Waals surface area contributed by atoms with Crippen molar-refractivity contribution in [2.24, 2.45) is 5.92 Å². The number of carbonyl (C=O) groups is 1. The maximum absolute atomic E-state index is 13.5. The predicted octanol–water partition coefficient (Wildman–Crippen LogP) is 5.79. The normalized spacial score (nSPS) is 18.9. The minimum atomic E-state index is -0.353. The van der Waals surface area contributed by atoms with Crippen molar-refractivity contribution >= 4 is 17.2 Å². The van der Waals surface area contributed by atoms with E-state index in [1.807, 2.05) is 30.9 Å². The molecule has 1 aromatic heterocycles. The van der Waals surface area contributed by atoms with Crippen molar-refractivity contribution in [1.82, 2.24) is 9.80 Å². The van der Waals surface area contributed by atoms with E-state index in [2.05, 4.69) is 21.7 Å². The summed E-state index contributed by atoms with van der Waals surface area (Å²) >= 11 is 1.69. The molecule has 0 saturated carbocycles. The van der Waals surface area contributed by atoms with Gasteiger partial charge in [-0.25, -0.2) is 8.78 Å². The minimum Gasteiger partial charge on any atom is -0.336 e. The molecule has 2 heterocycles. The number of likely N-dealkylation sites (tertiary alicyclic amines) is 1. The number of nitrogens with zero attached hydrogens (tertiary/aromatic N) is 2. The average molecular weight is 455 g/mol. The Kier molecular flexibility index (Phi) is 7.01. The Hall–Kier alpha value is -2.57. The lowest BCUT2D eigenvalue weighted by Crippen LogP contribution is -2.42. The van der Waals surface area contributed by atoms with Gasteiger partial charge in [0.25, 0.3) is 5.91 Å². The van der Waals surface area contributed by atoms with E-state index in [1.54, 1.807) is 23.5 Å². The van der Waals surface area contributed by atoms with Crippen LogP contribution in [0.3, 0.4) is 0 Å². The molecule has 0 N–H and O–H groups in total. The zero-order valence-corrected chi connectivity index (χ0v) is 19.2. The van der Waals surface area contributed by atoms with Gasteiger partial charge in [0.1, 0.15) is 11.6 Å². The number of benzene rings is 2. The Morgan fingerprint density at radius 1 is 1.03 bits per heavy atom. The molecule has 0 radical (unpaired) electrons. The van der Waals surface area contributed by atoms with Crippen LogP contribution in [0.2, 0.25) is 0 Å². The highest BCUT2D eigenvalue weighted by atomic mass is 32.1. The molecule has 1 aliphatic heterocycles. The first kappa shape index (κ1) is 22.6. The fourth-order valence-corrected chi connectivity index (χ4v) is 5.20. The molecule has 1 aliphatic rings. The summed E-state index contributed by atoms with van der Waals surface area (Å²) < 4.78 is 26.9. The van der Waals surface area contributed by atoms with Crippen molar-refractivity contribution < 1.29 is 13.6 Å². The van der Waals surface area contributed by atoms with Crippen molar-refractivity contribution in [3.63, 3.8) is 0 Å². The first-order valence-electron chi connectivity index (χ1n) is 11.0. The molecule has 1 amide bonds. The van der Waals surface area contributed by atoms with Gasteiger partial charge >= 0.3 is 0 Å². The van der Waals surface area contributed by atoms with Crippen LogP contribution in [0.1, 0.15) is 41.3 Å². The highest BCUT2D eigenvalue weighted by Gasteiger charge is 2.36. The van der Waals surface area contributed by atoms with Crippen LogP contribution in [0, 0.1) is 17.6 Å². The van der Waals surface area contributed by atoms with Gasteiger partial charge in [-0.2, -0.15) is 11.3 Å². The number of thiophene rings is 1. The van der Waals surface area contributed by atoms with E-state index in [9.17, 15) is 13.6 Å². The van der Waals surface area contributed by atoms with Crippen molar-refractivity contribution in [2.75, 3.05) is 19.6 Å². The Labute approximate surface area is 192 Å². The van der Waals surface area contributed by atoms with Gasteiger partial charge in [-0.1, -0.05) is 12.1 Å². The summed E-state index contributed by atoms with van der Waals surface area (Å²) in [4.78, 5) is 17.5. The van der Waals surface area contributed by atoms with Crippen LogP contribution in [0.5, 0.6) is 0 Å². The Morgan fingerprint density at radius 2 is 1.69 bits per heavy atom. The van der Waals surface area contributed by atoms with Gasteiger partial charge in [0.2, 0.25) is 0 Å². The Balaban J connectivity index is 1.56. The number of halogens is 2. The largest absolute Gasteiger partial charge is 0.336 e. The third kappa shape index (κ3) is 5.25. The first-order chi connectivity index (χ1) is 15.4. The molecule has 1 fully saturated rings. The highest BCUT2D eigenvalue weighted by Crippen LogP contribution is 2.35. The second-order valence-corrected chi connectivity index (χ2v) is 9.58. The van der Waals surface area contributed by atoms with Gasteiger partial charge in [0, 0.05) is 43.7 Å². The summed E-state index contributed by atoms with van der Waals surface area (Å²) in [6, 6.07) is 14.6. The average Bonchev–Trinajstić information content (AvgIpc) is 3.42. The SMILES string of the molecule is CC(C)N(CC1CN(Cc2ccsc2)CC1c1ccc(F)cc1)C(=O)c1ccc(F)cc1. The molecule has 0 bridgehead atoms. The van der Waals surface area contributed by atoms with Crippen molar-refractivity contribution in [3.05, 3.63) is 93.7 Å². The Morgan fingerprint density at radius 3 is 2.28 bits per heavy atom. The van der Waals surface area contributed by atoms with Crippen molar-refractivity contribution in [3.8, 4) is 0 Å². The monoisotopic (exact) mass is 454 g/mol. The van der Waals surface area contributed by atoms with E-state index in [4.69, 9.17) is 0 Å². The summed E-state index contributed by atoms with van der Waals surface area (Å²) in [6.45, 7) is 7.20. The van der Waals surface area contributed by atoms with Crippen LogP contribution in [0.4, 0.5) is 8.78 Å². The second kappa shape index (κ2) is 9.92. The molecule has 4 rings (SSSR count). The molecule has 2 atom stereocenters. The number of rotatable bonds is 7. The molecule has 6 heteroatoms. The van der Waals surface area contributed by atoms with Crippen molar-refractivity contribution in [1.29, 1.82) is 0 Å². The molecular formula is C26H28F2N2OS. The minimum absolute atomic E-state index is 0.00680. The summed E-state index contributed by atoms with van der Waals surface area (Å²) in [7, 11) is 0. The zero-order valence-electron chi connectivity index (χ0n) is 18.4. The van der Waals surface area contributed by atoms with Crippen LogP contribution >= 0.6 is 11.3 Å². The molecule has 3 aromatic rings. The number of amides is 1. The highest BCUT2D eigenvalue weighted by molar-refractivity contribution is 7.07. The number of carbonyl (C=O) groups excluding carboxylic acids is 1. The summed E-state index contributed by atoms with van der Waals surface area (Å²) in [5.74, 6) is -0.265. The molecule has 32 heavy (non-hydrogen) atoms. The standard InChI is InChI=1S/C26H28F2N2OS/c1-18(2)30(26(31)21-5-9-24(28)10-6-21)15-22-14-29(13-19-11-12-32-17-19)16-25(22)20-3-7-23(27)8-4-20/h3-12,17-18,22,25H,13-16H2,1-2H3. The fourth-order valence-electron chi connectivity index (χ4n) is 4.54. The first-order valence-corrected chi connectivity index (χ1v) is 11.9. The van der Waals surface area contributed by atoms with Crippen LogP contribution < -0.4 is 0 Å². The summed E-state index contributed by atoms with van der Waals surface area (Å²) in [5.41, 5.74) is 2.88. The molecule has 3 nitrogen and oxygen atoms in total. The van der Waals surface area contributed by atoms with Gasteiger partial charge in [-0.05, 0) is 84.1 Å². The van der Waals surface area contributed by atoms with E-state index in [0.29, 0.717) is 12.1 Å². The van der Waals surface area contributed by atoms with E-state index in [0.717, 1.165) is 25.2 Å². The molecule has 0 aliphatic carbocycles. The quantitative estimate of drug-likeness (QED) is 0.451. The van der Waals surface area contributed by atoms with E-state index in [-0.39, 0.29) is 35.4 Å². The van der Waals surface area contributed by atoms with Crippen LogP contribution in [-0.4, -0.2) is 41.4 Å². The topological polar surface area (TPSA) is 23.6 Å². The van der Waals surface area contributed by atoms with Crippen LogP contribution in [0.15, 0.2) is 65.4 Å². The van der Waals surface area contributed by atoms with E-state index in [1.165, 1.54) is 29.8 Å². The van der Waals surface area contributed by atoms with Gasteiger partial charge in [0.15, 0.2) is 0 Å². The maximum atomic E-state index is 13.5. The van der Waals surface area contributed by atoms with Crippen LogP contribution in [-0.2, 0) is 6.54 Å². The summed E-state index contributed by atoms with van der Waals surface area (Å²) in [6.07, 6.45) is 0. The molecular weight excluding hydrogens is 426 g/mol. The predicted molar refractivity (Wildman–Crippen MR) is 125 cm³/mol. The number of hydrogen-bond donors (Lipinski definition) is 0. The van der Waals surface area contributed by atoms with E-state index >= 15 is 0 Å². The molecule has 0 spiro atoms. The van der Waals surface area contributed by atoms with E-state index < -0.39 is 0 Å². The second-order valence-electron chi connectivity index (χ2n) is 8.80. The van der Waals surface area contributed by atoms with Gasteiger partial charge in [0.05, 0.1) is 0 Å². The fraction of sp³-hybridized carbons (Fsp3) is 0.346. The third-order valence-corrected chi connectivity index (χ3v) is 6.94. The third-order valence-electron chi connectivity index (χ3n) is 6.21. The molecule has 168 valence electrons. The van der Waals surface area contributed by atoms with Gasteiger partial charge in [-0.15, -0.1) is 0 Å². The zero-order chi connectivity index (χ0) is 22.7. The smallest absolute Gasteiger partial charge is 0.254 e. The lowest BCUT2D eigenvalue weighted by Gasteiger charge is -2.32. The maximum Gasteiger partial charge on any atom is 0.254 e. The lowest BCUT2D eigenvalue weighted by molar-refractivity contribution is 0.0668. The summed E-state index contributed by atoms with van der Waals surface area (Å²) in [5, 5.41) is 4.25. The molecule has 2 aromatic carbocycles. The van der Waals surface area contributed by atoms with Gasteiger partial charge < -0.3 is 4.90 Å². The number of hydrogen-bond acceptors (Lipinski definition) is 3.